The largest absolute Gasteiger partial charge is 0.494 e. The van der Waals surface area contributed by atoms with Crippen molar-refractivity contribution in [3.8, 4) is 17.0 Å². The molecule has 0 atom stereocenters. The summed E-state index contributed by atoms with van der Waals surface area (Å²) >= 11 is 0. The van der Waals surface area contributed by atoms with E-state index in [4.69, 9.17) is 4.74 Å². The van der Waals surface area contributed by atoms with Gasteiger partial charge in [0.25, 0.3) is 5.56 Å². The van der Waals surface area contributed by atoms with Crippen LogP contribution >= 0.6 is 0 Å². The maximum Gasteiger partial charge on any atom is 0.290 e. The number of nitrogens with zero attached hydrogens (tertiary/aromatic N) is 3. The summed E-state index contributed by atoms with van der Waals surface area (Å²) in [6.45, 7) is 0. The van der Waals surface area contributed by atoms with Gasteiger partial charge in [-0.3, -0.25) is 9.59 Å². The van der Waals surface area contributed by atoms with Crippen molar-refractivity contribution in [2.24, 2.45) is 0 Å². The van der Waals surface area contributed by atoms with E-state index in [1.54, 1.807) is 0 Å². The van der Waals surface area contributed by atoms with Crippen LogP contribution in [0.2, 0.25) is 0 Å². The molecular formula is C20H15F2N5O3. The molecule has 2 N–H and O–H groups in total. The van der Waals surface area contributed by atoms with E-state index >= 15 is 0 Å². The number of fused-ring (bicyclic) bond motifs is 1. The molecule has 10 heteroatoms. The molecule has 8 nitrogen and oxygen atoms in total. The number of anilines is 1. The molecule has 4 aromatic rings. The molecule has 0 bridgehead atoms. The highest BCUT2D eigenvalue weighted by molar-refractivity contribution is 5.92. The Balaban J connectivity index is 1.61. The second kappa shape index (κ2) is 7.74. The Bertz CT molecular complexity index is 1300. The van der Waals surface area contributed by atoms with Gasteiger partial charge in [0.15, 0.2) is 17.4 Å². The summed E-state index contributed by atoms with van der Waals surface area (Å²) in [7, 11) is 1.34. The molecule has 4 rings (SSSR count). The third-order valence-corrected chi connectivity index (χ3v) is 4.37. The van der Waals surface area contributed by atoms with Gasteiger partial charge >= 0.3 is 0 Å². The van der Waals surface area contributed by atoms with E-state index < -0.39 is 23.1 Å². The normalized spacial score (nSPS) is 10.9. The van der Waals surface area contributed by atoms with Crippen molar-refractivity contribution in [3.05, 3.63) is 76.3 Å². The Morgan fingerprint density at radius 3 is 2.63 bits per heavy atom. The fraction of sp³-hybridized carbons (Fsp3) is 0.100. The molecule has 0 unspecified atom stereocenters. The number of carbonyl (C=O) groups excluding carboxylic acids is 1. The molecule has 0 aliphatic carbocycles. The lowest BCUT2D eigenvalue weighted by atomic mass is 10.1. The number of benzene rings is 2. The molecule has 0 spiro atoms. The van der Waals surface area contributed by atoms with Gasteiger partial charge in [-0.1, -0.05) is 0 Å². The number of carbonyl (C=O) groups is 1. The smallest absolute Gasteiger partial charge is 0.290 e. The summed E-state index contributed by atoms with van der Waals surface area (Å²) in [4.78, 5) is 24.5. The lowest BCUT2D eigenvalue weighted by molar-refractivity contribution is -0.115. The highest BCUT2D eigenvalue weighted by Crippen LogP contribution is 2.21. The van der Waals surface area contributed by atoms with Gasteiger partial charge < -0.3 is 10.1 Å². The van der Waals surface area contributed by atoms with Crippen molar-refractivity contribution in [3.63, 3.8) is 0 Å². The lowest BCUT2D eigenvalue weighted by Crippen LogP contribution is -2.22. The van der Waals surface area contributed by atoms with Crippen LogP contribution in [0.15, 0.2) is 53.3 Å². The zero-order chi connectivity index (χ0) is 21.3. The Hall–Kier alpha value is -4.08. The van der Waals surface area contributed by atoms with E-state index in [1.165, 1.54) is 54.1 Å². The zero-order valence-corrected chi connectivity index (χ0v) is 15.6. The van der Waals surface area contributed by atoms with Gasteiger partial charge in [-0.25, -0.2) is 18.4 Å². The van der Waals surface area contributed by atoms with Crippen LogP contribution in [-0.2, 0) is 11.2 Å². The van der Waals surface area contributed by atoms with Crippen molar-refractivity contribution < 1.29 is 18.3 Å². The quantitative estimate of drug-likeness (QED) is 0.526. The van der Waals surface area contributed by atoms with Gasteiger partial charge in [0.05, 0.1) is 19.2 Å². The summed E-state index contributed by atoms with van der Waals surface area (Å²) in [5, 5.41) is 13.1. The summed E-state index contributed by atoms with van der Waals surface area (Å²) in [6, 6.07) is 11.2. The molecule has 0 radical (unpaired) electrons. The maximum absolute atomic E-state index is 13.8. The molecule has 0 aliphatic rings. The van der Waals surface area contributed by atoms with Crippen molar-refractivity contribution in [2.75, 3.05) is 12.4 Å². The zero-order valence-electron chi connectivity index (χ0n) is 15.6. The third-order valence-electron chi connectivity index (χ3n) is 4.37. The number of aromatic amines is 1. The van der Waals surface area contributed by atoms with E-state index in [0.29, 0.717) is 11.3 Å². The first-order valence-corrected chi connectivity index (χ1v) is 8.81. The molecule has 0 fully saturated rings. The van der Waals surface area contributed by atoms with E-state index in [9.17, 15) is 18.4 Å². The highest BCUT2D eigenvalue weighted by atomic mass is 19.1. The van der Waals surface area contributed by atoms with Crippen LogP contribution in [0.1, 0.15) is 5.82 Å². The van der Waals surface area contributed by atoms with Crippen molar-refractivity contribution in [2.45, 2.75) is 6.42 Å². The van der Waals surface area contributed by atoms with Crippen LogP contribution in [0.4, 0.5) is 14.5 Å². The number of methoxy groups -OCH3 is 1. The minimum atomic E-state index is -0.615. The van der Waals surface area contributed by atoms with E-state index in [0.717, 1.165) is 6.07 Å². The van der Waals surface area contributed by atoms with Gasteiger partial charge in [-0.15, -0.1) is 0 Å². The number of hydrogen-bond donors (Lipinski definition) is 2. The molecular weight excluding hydrogens is 396 g/mol. The number of rotatable bonds is 5. The van der Waals surface area contributed by atoms with E-state index in [1.807, 2.05) is 0 Å². The Kier molecular flexibility index (Phi) is 4.97. The maximum atomic E-state index is 13.8. The highest BCUT2D eigenvalue weighted by Gasteiger charge is 2.15. The average Bonchev–Trinajstić information content (AvgIpc) is 3.17. The Morgan fingerprint density at radius 2 is 1.93 bits per heavy atom. The van der Waals surface area contributed by atoms with Gasteiger partial charge in [-0.05, 0) is 42.5 Å². The second-order valence-electron chi connectivity index (χ2n) is 6.38. The molecule has 2 heterocycles. The summed E-state index contributed by atoms with van der Waals surface area (Å²) < 4.78 is 33.1. The molecule has 0 aliphatic heterocycles. The first kappa shape index (κ1) is 19.2. The van der Waals surface area contributed by atoms with Crippen molar-refractivity contribution >= 4 is 17.1 Å². The summed E-state index contributed by atoms with van der Waals surface area (Å²) in [5.41, 5.74) is 0.960. The third kappa shape index (κ3) is 3.75. The number of aromatic nitrogens is 4. The number of hydrogen-bond acceptors (Lipinski definition) is 5. The summed E-state index contributed by atoms with van der Waals surface area (Å²) in [6.07, 6.45) is -0.231. The Morgan fingerprint density at radius 1 is 1.17 bits per heavy atom. The molecule has 152 valence electrons. The molecule has 30 heavy (non-hydrogen) atoms. The van der Waals surface area contributed by atoms with Crippen molar-refractivity contribution in [1.82, 2.24) is 19.8 Å². The van der Waals surface area contributed by atoms with Gasteiger partial charge in [0.1, 0.15) is 11.3 Å². The number of H-pyrrole nitrogens is 1. The molecule has 2 aromatic heterocycles. The monoisotopic (exact) mass is 411 g/mol. The summed E-state index contributed by atoms with van der Waals surface area (Å²) in [5.74, 6) is -1.27. The SMILES string of the molecule is COc1ccc(NC(=O)Cc2n[nH]c(=O)c3cc(-c4ccc(F)cc4)nn23)cc1F. The standard InChI is InChI=1S/C20H15F2N5O3/c1-30-17-7-6-13(8-14(17)22)23-19(28)10-18-24-25-20(29)16-9-15(26-27(16)18)11-2-4-12(21)5-3-11/h2-9H,10H2,1H3,(H,23,28)(H,25,29). The molecule has 2 aromatic carbocycles. The topological polar surface area (TPSA) is 101 Å². The second-order valence-corrected chi connectivity index (χ2v) is 6.38. The lowest BCUT2D eigenvalue weighted by Gasteiger charge is -2.07. The average molecular weight is 411 g/mol. The fourth-order valence-electron chi connectivity index (χ4n) is 2.93. The van der Waals surface area contributed by atoms with Crippen molar-refractivity contribution in [1.29, 1.82) is 0 Å². The van der Waals surface area contributed by atoms with Crippen LogP contribution in [0.25, 0.3) is 16.8 Å². The number of nitrogens with one attached hydrogen (secondary N) is 2. The fourth-order valence-corrected chi connectivity index (χ4v) is 2.93. The molecule has 0 saturated heterocycles. The van der Waals surface area contributed by atoms with Crippen LogP contribution in [0.3, 0.4) is 0 Å². The van der Waals surface area contributed by atoms with E-state index in [-0.39, 0.29) is 29.2 Å². The van der Waals surface area contributed by atoms with Crippen LogP contribution in [0.5, 0.6) is 5.75 Å². The van der Waals surface area contributed by atoms with Gasteiger partial charge in [0.2, 0.25) is 5.91 Å². The number of ether oxygens (including phenoxy) is 1. The van der Waals surface area contributed by atoms with Crippen LogP contribution < -0.4 is 15.6 Å². The van der Waals surface area contributed by atoms with Gasteiger partial charge in [0, 0.05) is 17.3 Å². The van der Waals surface area contributed by atoms with Crippen LogP contribution in [0, 0.1) is 11.6 Å². The number of halogens is 2. The first-order chi connectivity index (χ1) is 14.4. The van der Waals surface area contributed by atoms with Crippen LogP contribution in [-0.4, -0.2) is 32.8 Å². The predicted molar refractivity (Wildman–Crippen MR) is 104 cm³/mol. The predicted octanol–water partition coefficient (Wildman–Crippen LogP) is 2.55. The molecule has 0 saturated carbocycles. The number of amides is 1. The van der Waals surface area contributed by atoms with E-state index in [2.05, 4.69) is 20.6 Å². The minimum Gasteiger partial charge on any atom is -0.494 e. The van der Waals surface area contributed by atoms with Gasteiger partial charge in [-0.2, -0.15) is 10.2 Å². The molecule has 1 amide bonds. The Labute approximate surface area is 168 Å². The minimum absolute atomic E-state index is 0.0573. The first-order valence-electron chi connectivity index (χ1n) is 8.81.